The van der Waals surface area contributed by atoms with Crippen LogP contribution in [0.1, 0.15) is 6.42 Å². The first kappa shape index (κ1) is 20.0. The Labute approximate surface area is 177 Å². The van der Waals surface area contributed by atoms with E-state index in [1.807, 2.05) is 0 Å². The Bertz CT molecular complexity index is 1000. The summed E-state index contributed by atoms with van der Waals surface area (Å²) >= 11 is 12.3. The van der Waals surface area contributed by atoms with Crippen LogP contribution in [0.15, 0.2) is 29.2 Å². The average Bonchev–Trinajstić information content (AvgIpc) is 2.70. The smallest absolute Gasteiger partial charge is 0.287 e. The average molecular weight is 438 g/mol. The largest absolute Gasteiger partial charge is 0.495 e. The first-order valence-corrected chi connectivity index (χ1v) is 9.99. The van der Waals surface area contributed by atoms with Gasteiger partial charge in [0.1, 0.15) is 10.8 Å². The van der Waals surface area contributed by atoms with Gasteiger partial charge in [-0.1, -0.05) is 23.2 Å². The molecule has 3 saturated heterocycles. The number of hydrogen-bond donors (Lipinski definition) is 1. The number of halogens is 2. The van der Waals surface area contributed by atoms with Crippen LogP contribution in [0, 0.1) is 0 Å². The lowest BCUT2D eigenvalue weighted by molar-refractivity contribution is -0.121. The maximum atomic E-state index is 12.6. The molecule has 2 aromatic rings. The van der Waals surface area contributed by atoms with Gasteiger partial charge >= 0.3 is 0 Å². The molecule has 3 fully saturated rings. The SMILES string of the molecule is COc1ccc(Cl)cc1NC(=O)CN1C2CC1CN(c1cnn(C)c(=O)c1Cl)C2. The number of anilines is 2. The van der Waals surface area contributed by atoms with Crippen LogP contribution in [-0.4, -0.2) is 59.4 Å². The van der Waals surface area contributed by atoms with E-state index in [1.165, 1.54) is 4.68 Å². The lowest BCUT2D eigenvalue weighted by atomic mass is 9.87. The van der Waals surface area contributed by atoms with Crippen LogP contribution in [0.4, 0.5) is 11.4 Å². The molecule has 4 heterocycles. The number of aryl methyl sites for hydroxylation is 1. The number of aromatic nitrogens is 2. The van der Waals surface area contributed by atoms with Crippen molar-refractivity contribution in [2.75, 3.05) is 37.0 Å². The maximum Gasteiger partial charge on any atom is 0.287 e. The summed E-state index contributed by atoms with van der Waals surface area (Å²) < 4.78 is 6.49. The molecule has 2 bridgehead atoms. The molecule has 0 radical (unpaired) electrons. The fourth-order valence-corrected chi connectivity index (χ4v) is 4.46. The first-order valence-electron chi connectivity index (χ1n) is 9.23. The van der Waals surface area contributed by atoms with Gasteiger partial charge in [0.25, 0.3) is 5.56 Å². The Hall–Kier alpha value is -2.29. The molecule has 5 rings (SSSR count). The molecule has 0 saturated carbocycles. The van der Waals surface area contributed by atoms with Crippen molar-refractivity contribution in [1.29, 1.82) is 0 Å². The number of fused-ring (bicyclic) bond motifs is 2. The Morgan fingerprint density at radius 1 is 1.31 bits per heavy atom. The Kier molecular flexibility index (Phi) is 5.42. The number of carbonyl (C=O) groups is 1. The third-order valence-corrected chi connectivity index (χ3v) is 6.10. The molecule has 0 aliphatic carbocycles. The zero-order valence-corrected chi connectivity index (χ0v) is 17.6. The lowest BCUT2D eigenvalue weighted by Gasteiger charge is -2.56. The number of piperazine rings is 1. The predicted molar refractivity (Wildman–Crippen MR) is 112 cm³/mol. The van der Waals surface area contributed by atoms with Gasteiger partial charge in [0.2, 0.25) is 5.91 Å². The summed E-state index contributed by atoms with van der Waals surface area (Å²) in [5.74, 6) is 0.438. The van der Waals surface area contributed by atoms with E-state index in [2.05, 4.69) is 20.2 Å². The number of rotatable bonds is 5. The number of nitrogens with zero attached hydrogens (tertiary/aromatic N) is 4. The molecule has 29 heavy (non-hydrogen) atoms. The van der Waals surface area contributed by atoms with Gasteiger partial charge < -0.3 is 15.0 Å². The third kappa shape index (κ3) is 3.80. The van der Waals surface area contributed by atoms with Crippen molar-refractivity contribution >= 4 is 40.5 Å². The summed E-state index contributed by atoms with van der Waals surface area (Å²) in [6.45, 7) is 1.67. The summed E-state index contributed by atoms with van der Waals surface area (Å²) in [5, 5.41) is 7.65. The Morgan fingerprint density at radius 2 is 2.03 bits per heavy atom. The highest BCUT2D eigenvalue weighted by Crippen LogP contribution is 2.36. The fraction of sp³-hybridized carbons (Fsp3) is 0.421. The van der Waals surface area contributed by atoms with Crippen molar-refractivity contribution in [2.45, 2.75) is 18.5 Å². The van der Waals surface area contributed by atoms with Crippen molar-refractivity contribution in [3.63, 3.8) is 0 Å². The molecular weight excluding hydrogens is 417 g/mol. The zero-order chi connectivity index (χ0) is 20.7. The van der Waals surface area contributed by atoms with E-state index >= 15 is 0 Å². The van der Waals surface area contributed by atoms with E-state index in [0.717, 1.165) is 6.42 Å². The van der Waals surface area contributed by atoms with Gasteiger partial charge in [-0.15, -0.1) is 0 Å². The van der Waals surface area contributed by atoms with Crippen LogP contribution in [0.3, 0.4) is 0 Å². The highest BCUT2D eigenvalue weighted by atomic mass is 35.5. The third-order valence-electron chi connectivity index (χ3n) is 5.51. The molecule has 8 nitrogen and oxygen atoms in total. The van der Waals surface area contributed by atoms with E-state index in [-0.39, 0.29) is 35.1 Å². The van der Waals surface area contributed by atoms with Crippen molar-refractivity contribution < 1.29 is 9.53 Å². The van der Waals surface area contributed by atoms with Crippen molar-refractivity contribution in [3.8, 4) is 5.75 Å². The second-order valence-electron chi connectivity index (χ2n) is 7.29. The lowest BCUT2D eigenvalue weighted by Crippen LogP contribution is -2.69. The Morgan fingerprint density at radius 3 is 2.72 bits per heavy atom. The zero-order valence-electron chi connectivity index (χ0n) is 16.1. The van der Waals surface area contributed by atoms with Crippen molar-refractivity contribution in [3.05, 3.63) is 44.8 Å². The topological polar surface area (TPSA) is 79.7 Å². The first-order chi connectivity index (χ1) is 13.9. The van der Waals surface area contributed by atoms with Gasteiger partial charge in [-0.05, 0) is 24.6 Å². The van der Waals surface area contributed by atoms with E-state index in [4.69, 9.17) is 27.9 Å². The monoisotopic (exact) mass is 437 g/mol. The minimum atomic E-state index is -0.310. The molecule has 1 aromatic carbocycles. The van der Waals surface area contributed by atoms with E-state index in [9.17, 15) is 9.59 Å². The van der Waals surface area contributed by atoms with E-state index in [1.54, 1.807) is 38.6 Å². The summed E-state index contributed by atoms with van der Waals surface area (Å²) in [5.41, 5.74) is 0.891. The standard InChI is InChI=1S/C19H21Cl2N5O3/c1-24-19(28)18(21)15(7-22-24)25-8-12-6-13(9-25)26(12)10-17(27)23-14-5-11(20)3-4-16(14)29-2/h3-5,7,12-13H,6,8-10H2,1-2H3,(H,23,27). The number of piperidine rings is 1. The van der Waals surface area contributed by atoms with E-state index < -0.39 is 0 Å². The van der Waals surface area contributed by atoms with Gasteiger partial charge in [0.05, 0.1) is 31.2 Å². The number of amides is 1. The summed E-state index contributed by atoms with van der Waals surface area (Å²) in [6, 6.07) is 5.54. The number of hydrogen-bond acceptors (Lipinski definition) is 6. The number of methoxy groups -OCH3 is 1. The van der Waals surface area contributed by atoms with Crippen LogP contribution in [0.2, 0.25) is 10.0 Å². The van der Waals surface area contributed by atoms with Crippen LogP contribution in [0.5, 0.6) is 5.75 Å². The molecule has 10 heteroatoms. The number of carbonyl (C=O) groups excluding carboxylic acids is 1. The molecule has 3 aliphatic heterocycles. The van der Waals surface area contributed by atoms with Crippen LogP contribution in [-0.2, 0) is 11.8 Å². The van der Waals surface area contributed by atoms with Crippen molar-refractivity contribution in [2.24, 2.45) is 7.05 Å². The van der Waals surface area contributed by atoms with Gasteiger partial charge in [-0.25, -0.2) is 4.68 Å². The van der Waals surface area contributed by atoms with Crippen LogP contribution >= 0.6 is 23.2 Å². The molecule has 0 spiro atoms. The quantitative estimate of drug-likeness (QED) is 0.770. The molecule has 2 unspecified atom stereocenters. The molecule has 154 valence electrons. The second-order valence-corrected chi connectivity index (χ2v) is 8.10. The molecule has 2 atom stereocenters. The summed E-state index contributed by atoms with van der Waals surface area (Å²) in [6.07, 6.45) is 2.64. The second kappa shape index (κ2) is 7.85. The minimum Gasteiger partial charge on any atom is -0.495 e. The van der Waals surface area contributed by atoms with E-state index in [0.29, 0.717) is 35.2 Å². The van der Waals surface area contributed by atoms with Crippen LogP contribution in [0.25, 0.3) is 0 Å². The van der Waals surface area contributed by atoms with Crippen molar-refractivity contribution in [1.82, 2.24) is 14.7 Å². The van der Waals surface area contributed by atoms with Gasteiger partial charge in [-0.2, -0.15) is 5.10 Å². The Balaban J connectivity index is 1.40. The van der Waals surface area contributed by atoms with Gasteiger partial charge in [0, 0.05) is 37.2 Å². The summed E-state index contributed by atoms with van der Waals surface area (Å²) in [4.78, 5) is 28.9. The number of nitrogens with one attached hydrogen (secondary N) is 1. The molecule has 1 aromatic heterocycles. The summed E-state index contributed by atoms with van der Waals surface area (Å²) in [7, 11) is 3.12. The minimum absolute atomic E-state index is 0.123. The molecule has 3 aliphatic rings. The molecule has 1 amide bonds. The van der Waals surface area contributed by atoms with Gasteiger partial charge in [-0.3, -0.25) is 14.5 Å². The normalized spacial score (nSPS) is 20.9. The maximum absolute atomic E-state index is 12.6. The molecule has 1 N–H and O–H groups in total. The molecular formula is C19H21Cl2N5O3. The highest BCUT2D eigenvalue weighted by molar-refractivity contribution is 6.33. The fourth-order valence-electron chi connectivity index (χ4n) is 4.00. The number of ether oxygens (including phenoxy) is 1. The highest BCUT2D eigenvalue weighted by Gasteiger charge is 2.45. The van der Waals surface area contributed by atoms with Crippen LogP contribution < -0.4 is 20.5 Å². The predicted octanol–water partition coefficient (Wildman–Crippen LogP) is 2.00. The number of benzene rings is 1. The van der Waals surface area contributed by atoms with Gasteiger partial charge in [0.15, 0.2) is 0 Å².